The number of anilines is 1. The number of sulfonamides is 1. The SMILES string of the molecule is CC1(NS(=O)(=O)c2cc(Cl)c(O)c(N3[C@@H]4CC[C@H]3CN(C(=O)c3ccc(F)cc3Cl)C4)c2)CC1. The van der Waals surface area contributed by atoms with Gasteiger partial charge in [-0.15, -0.1) is 0 Å². The van der Waals surface area contributed by atoms with Gasteiger partial charge < -0.3 is 14.9 Å². The van der Waals surface area contributed by atoms with Gasteiger partial charge in [0.25, 0.3) is 5.91 Å². The summed E-state index contributed by atoms with van der Waals surface area (Å²) in [6, 6.07) is 6.11. The van der Waals surface area contributed by atoms with Crippen molar-refractivity contribution in [3.63, 3.8) is 0 Å². The van der Waals surface area contributed by atoms with E-state index < -0.39 is 21.4 Å². The number of phenols is 1. The maximum Gasteiger partial charge on any atom is 0.255 e. The minimum atomic E-state index is -3.82. The molecule has 0 unspecified atom stereocenters. The van der Waals surface area contributed by atoms with E-state index in [2.05, 4.69) is 4.72 Å². The average Bonchev–Trinajstić information content (AvgIpc) is 3.42. The molecule has 11 heteroatoms. The minimum Gasteiger partial charge on any atom is -0.504 e. The molecule has 1 saturated carbocycles. The predicted octanol–water partition coefficient (Wildman–Crippen LogP) is 4.16. The van der Waals surface area contributed by atoms with Crippen LogP contribution in [0.4, 0.5) is 10.1 Å². The molecule has 2 aromatic rings. The van der Waals surface area contributed by atoms with Crippen LogP contribution in [0.15, 0.2) is 35.2 Å². The van der Waals surface area contributed by atoms with Crippen LogP contribution in [0.25, 0.3) is 0 Å². The maximum atomic E-state index is 13.4. The molecule has 3 aliphatic rings. The summed E-state index contributed by atoms with van der Waals surface area (Å²) in [6.45, 7) is 2.55. The zero-order chi connectivity index (χ0) is 24.4. The van der Waals surface area contributed by atoms with Gasteiger partial charge in [-0.25, -0.2) is 17.5 Å². The summed E-state index contributed by atoms with van der Waals surface area (Å²) in [4.78, 5) is 16.7. The molecule has 7 nitrogen and oxygen atoms in total. The molecule has 5 rings (SSSR count). The number of rotatable bonds is 5. The quantitative estimate of drug-likeness (QED) is 0.609. The second-order valence-electron chi connectivity index (χ2n) is 9.57. The van der Waals surface area contributed by atoms with Gasteiger partial charge in [0.05, 0.1) is 26.2 Å². The zero-order valence-corrected chi connectivity index (χ0v) is 20.7. The Morgan fingerprint density at radius 2 is 1.76 bits per heavy atom. The molecule has 0 spiro atoms. The lowest BCUT2D eigenvalue weighted by Gasteiger charge is -2.43. The van der Waals surface area contributed by atoms with Crippen molar-refractivity contribution in [3.05, 3.63) is 51.8 Å². The fourth-order valence-electron chi connectivity index (χ4n) is 4.88. The van der Waals surface area contributed by atoms with Crippen molar-refractivity contribution in [1.82, 2.24) is 9.62 Å². The van der Waals surface area contributed by atoms with Crippen molar-refractivity contribution < 1.29 is 22.7 Å². The summed E-state index contributed by atoms with van der Waals surface area (Å²) in [5, 5.41) is 10.7. The van der Waals surface area contributed by atoms with E-state index in [4.69, 9.17) is 23.2 Å². The lowest BCUT2D eigenvalue weighted by atomic mass is 10.1. The van der Waals surface area contributed by atoms with E-state index in [1.54, 1.807) is 4.90 Å². The number of halogens is 3. The van der Waals surface area contributed by atoms with Crippen molar-refractivity contribution >= 4 is 44.8 Å². The van der Waals surface area contributed by atoms with E-state index in [0.29, 0.717) is 18.8 Å². The van der Waals surface area contributed by atoms with Gasteiger partial charge in [-0.1, -0.05) is 23.2 Å². The van der Waals surface area contributed by atoms with E-state index in [1.165, 1.54) is 24.3 Å². The van der Waals surface area contributed by atoms with E-state index in [-0.39, 0.29) is 44.2 Å². The molecule has 1 aliphatic carbocycles. The summed E-state index contributed by atoms with van der Waals surface area (Å²) < 4.78 is 42.0. The number of likely N-dealkylation sites (tertiary alicyclic amines) is 1. The number of fused-ring (bicyclic) bond motifs is 2. The monoisotopic (exact) mass is 527 g/mol. The van der Waals surface area contributed by atoms with Crippen molar-refractivity contribution in [2.24, 2.45) is 0 Å². The second kappa shape index (κ2) is 8.26. The summed E-state index contributed by atoms with van der Waals surface area (Å²) in [7, 11) is -3.82. The number of aromatic hydroxyl groups is 1. The first kappa shape index (κ1) is 23.7. The first-order chi connectivity index (χ1) is 16.0. The van der Waals surface area contributed by atoms with Crippen LogP contribution >= 0.6 is 23.2 Å². The number of amides is 1. The molecule has 3 fully saturated rings. The Morgan fingerprint density at radius 1 is 1.12 bits per heavy atom. The third-order valence-electron chi connectivity index (χ3n) is 6.92. The Balaban J connectivity index is 1.43. The number of nitrogens with one attached hydrogen (secondary N) is 1. The molecule has 2 saturated heterocycles. The summed E-state index contributed by atoms with van der Waals surface area (Å²) in [5.41, 5.74) is 0.124. The van der Waals surface area contributed by atoms with Crippen LogP contribution < -0.4 is 9.62 Å². The van der Waals surface area contributed by atoms with E-state index in [1.807, 2.05) is 11.8 Å². The second-order valence-corrected chi connectivity index (χ2v) is 12.1. The fourth-order valence-corrected chi connectivity index (χ4v) is 6.92. The highest BCUT2D eigenvalue weighted by Crippen LogP contribution is 2.44. The van der Waals surface area contributed by atoms with Gasteiger partial charge in [-0.2, -0.15) is 0 Å². The van der Waals surface area contributed by atoms with Crippen molar-refractivity contribution in [2.75, 3.05) is 18.0 Å². The molecule has 182 valence electrons. The first-order valence-electron chi connectivity index (χ1n) is 11.1. The summed E-state index contributed by atoms with van der Waals surface area (Å²) >= 11 is 12.4. The highest BCUT2D eigenvalue weighted by atomic mass is 35.5. The van der Waals surface area contributed by atoms with Gasteiger partial charge in [0.1, 0.15) is 5.82 Å². The molecule has 34 heavy (non-hydrogen) atoms. The van der Waals surface area contributed by atoms with Crippen molar-refractivity contribution in [1.29, 1.82) is 0 Å². The number of phenolic OH excluding ortho intramolecular Hbond substituents is 1. The molecule has 2 N–H and O–H groups in total. The Hall–Kier alpha value is -2.07. The van der Waals surface area contributed by atoms with Crippen molar-refractivity contribution in [3.8, 4) is 5.75 Å². The van der Waals surface area contributed by atoms with Crippen LogP contribution in [0, 0.1) is 5.82 Å². The van der Waals surface area contributed by atoms with E-state index >= 15 is 0 Å². The van der Waals surface area contributed by atoms with Gasteiger partial charge in [-0.05, 0) is 62.9 Å². The highest BCUT2D eigenvalue weighted by molar-refractivity contribution is 7.89. The van der Waals surface area contributed by atoms with Crippen LogP contribution in [0.2, 0.25) is 10.0 Å². The van der Waals surface area contributed by atoms with Crippen molar-refractivity contribution in [2.45, 2.75) is 55.1 Å². The number of carbonyl (C=O) groups excluding carboxylic acids is 1. The number of piperazine rings is 1. The third-order valence-corrected chi connectivity index (χ3v) is 9.14. The molecule has 2 heterocycles. The normalized spacial score (nSPS) is 23.3. The van der Waals surface area contributed by atoms with Gasteiger partial charge in [0, 0.05) is 30.7 Å². The Labute approximate surface area is 207 Å². The van der Waals surface area contributed by atoms with Crippen LogP contribution in [-0.4, -0.2) is 55.0 Å². The Bertz CT molecular complexity index is 1270. The van der Waals surface area contributed by atoms with Crippen LogP contribution in [0.1, 0.15) is 43.0 Å². The largest absolute Gasteiger partial charge is 0.504 e. The molecule has 2 atom stereocenters. The molecule has 0 aromatic heterocycles. The number of benzene rings is 2. The molecule has 2 aromatic carbocycles. The topological polar surface area (TPSA) is 89.9 Å². The molecule has 2 aliphatic heterocycles. The summed E-state index contributed by atoms with van der Waals surface area (Å²) in [5.74, 6) is -0.989. The standard InChI is InChI=1S/C23H24Cl2FN3O4S/c1-23(6-7-23)27-34(32,33)16-9-19(25)21(30)20(10-16)29-14-3-4-15(29)12-28(11-14)22(31)17-5-2-13(26)8-18(17)24/h2,5,8-10,14-15,27,30H,3-4,6-7,11-12H2,1H3/t14-,15+. The number of nitrogens with zero attached hydrogens (tertiary/aromatic N) is 2. The average molecular weight is 528 g/mol. The van der Waals surface area contributed by atoms with Gasteiger partial charge in [-0.3, -0.25) is 4.79 Å². The number of hydrogen-bond acceptors (Lipinski definition) is 5. The summed E-state index contributed by atoms with van der Waals surface area (Å²) in [6.07, 6.45) is 3.05. The smallest absolute Gasteiger partial charge is 0.255 e. The Kier molecular flexibility index (Phi) is 5.75. The molecular formula is C23H24Cl2FN3O4S. The molecular weight excluding hydrogens is 504 g/mol. The van der Waals surface area contributed by atoms with E-state index in [0.717, 1.165) is 31.7 Å². The number of carbonyl (C=O) groups is 1. The highest BCUT2D eigenvalue weighted by Gasteiger charge is 2.44. The minimum absolute atomic E-state index is 0.00516. The van der Waals surface area contributed by atoms with Gasteiger partial charge in [0.15, 0.2) is 5.75 Å². The van der Waals surface area contributed by atoms with Crippen LogP contribution in [-0.2, 0) is 10.0 Å². The van der Waals surface area contributed by atoms with Crippen LogP contribution in [0.5, 0.6) is 5.75 Å². The van der Waals surface area contributed by atoms with Gasteiger partial charge in [0.2, 0.25) is 10.0 Å². The maximum absolute atomic E-state index is 13.4. The fraction of sp³-hybridized carbons (Fsp3) is 0.435. The third kappa shape index (κ3) is 4.23. The molecule has 0 radical (unpaired) electrons. The predicted molar refractivity (Wildman–Crippen MR) is 128 cm³/mol. The lowest BCUT2D eigenvalue weighted by Crippen LogP contribution is -2.55. The molecule has 2 bridgehead atoms. The lowest BCUT2D eigenvalue weighted by molar-refractivity contribution is 0.0718. The van der Waals surface area contributed by atoms with Gasteiger partial charge >= 0.3 is 0 Å². The zero-order valence-electron chi connectivity index (χ0n) is 18.4. The first-order valence-corrected chi connectivity index (χ1v) is 13.3. The molecule has 1 amide bonds. The van der Waals surface area contributed by atoms with Crippen LogP contribution in [0.3, 0.4) is 0 Å². The number of hydrogen-bond donors (Lipinski definition) is 2. The Morgan fingerprint density at radius 3 is 2.35 bits per heavy atom. The van der Waals surface area contributed by atoms with E-state index in [9.17, 15) is 22.7 Å².